The summed E-state index contributed by atoms with van der Waals surface area (Å²) in [6, 6.07) is 0. The molecule has 0 aromatic heterocycles. The lowest BCUT2D eigenvalue weighted by Crippen LogP contribution is -2.17. The van der Waals surface area contributed by atoms with Crippen LogP contribution in [0.1, 0.15) is 6.92 Å². The molecule has 2 nitrogen and oxygen atoms in total. The molecule has 7 heavy (non-hydrogen) atoms. The summed E-state index contributed by atoms with van der Waals surface area (Å²) < 4.78 is 0. The first-order chi connectivity index (χ1) is 3.27. The minimum Gasteiger partial charge on any atom is -0.367 e. The molecular weight excluding hydrogens is 110 g/mol. The van der Waals surface area contributed by atoms with E-state index in [-0.39, 0.29) is 5.78 Å². The van der Waals surface area contributed by atoms with Crippen LogP contribution in [0.4, 0.5) is 0 Å². The van der Waals surface area contributed by atoms with Crippen molar-refractivity contribution in [3.8, 4) is 0 Å². The fraction of sp³-hybridized carbons (Fsp3) is 0.500. The molecule has 0 spiro atoms. The van der Waals surface area contributed by atoms with Crippen LogP contribution in [-0.2, 0) is 4.79 Å². The average Bonchev–Trinajstić information content (AvgIpc) is 1.61. The van der Waals surface area contributed by atoms with E-state index in [1.807, 2.05) is 0 Å². The number of rotatable bonds is 3. The van der Waals surface area contributed by atoms with Gasteiger partial charge >= 0.3 is 0 Å². The SMILES string of the molecule is CC(=O)CN[C]=S. The fourth-order valence-corrected chi connectivity index (χ4v) is 0.233. The molecule has 0 aromatic carbocycles. The Morgan fingerprint density at radius 2 is 2.57 bits per heavy atom. The molecule has 1 radical (unpaired) electrons. The first kappa shape index (κ1) is 6.56. The molecule has 0 atom stereocenters. The molecule has 0 aromatic rings. The fourth-order valence-electron chi connectivity index (χ4n) is 0.161. The highest BCUT2D eigenvalue weighted by atomic mass is 32.1. The Morgan fingerprint density at radius 1 is 2.00 bits per heavy atom. The lowest BCUT2D eigenvalue weighted by atomic mass is 10.5. The van der Waals surface area contributed by atoms with Gasteiger partial charge in [-0.2, -0.15) is 0 Å². The van der Waals surface area contributed by atoms with Crippen molar-refractivity contribution in [3.63, 3.8) is 0 Å². The Morgan fingerprint density at radius 3 is 2.71 bits per heavy atom. The van der Waals surface area contributed by atoms with Gasteiger partial charge in [-0.05, 0) is 6.92 Å². The predicted octanol–water partition coefficient (Wildman–Crippen LogP) is -0.000800. The number of nitrogens with one attached hydrogen (secondary N) is 1. The predicted molar refractivity (Wildman–Crippen MR) is 31.3 cm³/mol. The van der Waals surface area contributed by atoms with Gasteiger partial charge in [-0.1, -0.05) is 12.2 Å². The Bertz CT molecular complexity index is 81.8. The number of Topliss-reactive ketones (excluding diaryl/α,β-unsaturated/α-hetero) is 1. The molecule has 0 rings (SSSR count). The van der Waals surface area contributed by atoms with Gasteiger partial charge in [0.05, 0.1) is 6.54 Å². The average molecular weight is 116 g/mol. The van der Waals surface area contributed by atoms with E-state index in [1.165, 1.54) is 6.92 Å². The van der Waals surface area contributed by atoms with Gasteiger partial charge in [0.25, 0.3) is 0 Å². The minimum absolute atomic E-state index is 0.0670. The zero-order chi connectivity index (χ0) is 5.70. The monoisotopic (exact) mass is 116 g/mol. The second-order valence-corrected chi connectivity index (χ2v) is 1.36. The first-order valence-electron chi connectivity index (χ1n) is 1.87. The maximum atomic E-state index is 10.1. The van der Waals surface area contributed by atoms with Crippen LogP contribution in [0, 0.1) is 0 Å². The highest BCUT2D eigenvalue weighted by Gasteiger charge is 1.84. The van der Waals surface area contributed by atoms with Crippen LogP contribution in [0.5, 0.6) is 0 Å². The van der Waals surface area contributed by atoms with E-state index in [9.17, 15) is 4.79 Å². The van der Waals surface area contributed by atoms with Crippen LogP contribution < -0.4 is 5.32 Å². The van der Waals surface area contributed by atoms with E-state index in [2.05, 4.69) is 23.0 Å². The summed E-state index contributed by atoms with van der Waals surface area (Å²) in [5.41, 5.74) is 2.21. The number of carbonyl (C=O) groups excluding carboxylic acids is 1. The number of ketones is 1. The second kappa shape index (κ2) is 3.74. The van der Waals surface area contributed by atoms with E-state index in [0.29, 0.717) is 6.54 Å². The maximum Gasteiger partial charge on any atom is 0.148 e. The van der Waals surface area contributed by atoms with Gasteiger partial charge in [-0.15, -0.1) is 0 Å². The van der Waals surface area contributed by atoms with E-state index < -0.39 is 0 Å². The molecule has 0 saturated heterocycles. The Labute approximate surface area is 47.9 Å². The third-order valence-corrected chi connectivity index (χ3v) is 0.554. The molecule has 0 unspecified atom stereocenters. The van der Waals surface area contributed by atoms with Crippen molar-refractivity contribution in [3.05, 3.63) is 0 Å². The second-order valence-electron chi connectivity index (χ2n) is 1.16. The van der Waals surface area contributed by atoms with Crippen molar-refractivity contribution in [1.82, 2.24) is 5.32 Å². The molecule has 0 saturated carbocycles. The molecular formula is C4H6NOS. The zero-order valence-corrected chi connectivity index (χ0v) is 4.84. The molecule has 0 amide bonds. The van der Waals surface area contributed by atoms with Gasteiger partial charge in [-0.25, -0.2) is 0 Å². The van der Waals surface area contributed by atoms with Crippen molar-refractivity contribution in [1.29, 1.82) is 0 Å². The van der Waals surface area contributed by atoms with Gasteiger partial charge in [-0.3, -0.25) is 4.79 Å². The molecule has 39 valence electrons. The maximum absolute atomic E-state index is 10.1. The van der Waals surface area contributed by atoms with Crippen molar-refractivity contribution >= 4 is 23.5 Å². The first-order valence-corrected chi connectivity index (χ1v) is 2.27. The van der Waals surface area contributed by atoms with Crippen LogP contribution in [0.3, 0.4) is 0 Å². The van der Waals surface area contributed by atoms with Crippen LogP contribution in [-0.4, -0.2) is 17.8 Å². The lowest BCUT2D eigenvalue weighted by Gasteiger charge is -1.87. The third kappa shape index (κ3) is 5.56. The lowest BCUT2D eigenvalue weighted by molar-refractivity contribution is -0.115. The zero-order valence-electron chi connectivity index (χ0n) is 4.02. The summed E-state index contributed by atoms with van der Waals surface area (Å²) in [5.74, 6) is 0.0670. The highest BCUT2D eigenvalue weighted by Crippen LogP contribution is 1.59. The Balaban J connectivity index is 2.97. The molecule has 0 aliphatic rings. The normalized spacial score (nSPS) is 7.57. The van der Waals surface area contributed by atoms with Crippen molar-refractivity contribution in [2.45, 2.75) is 6.92 Å². The summed E-state index contributed by atoms with van der Waals surface area (Å²) in [6.45, 7) is 1.78. The van der Waals surface area contributed by atoms with Crippen LogP contribution in [0.15, 0.2) is 0 Å². The number of carbonyl (C=O) groups is 1. The van der Waals surface area contributed by atoms with Crippen molar-refractivity contribution in [2.75, 3.05) is 6.54 Å². The minimum atomic E-state index is 0.0670. The smallest absolute Gasteiger partial charge is 0.148 e. The Hall–Kier alpha value is -0.440. The quantitative estimate of drug-likeness (QED) is 0.415. The van der Waals surface area contributed by atoms with E-state index in [1.54, 1.807) is 0 Å². The standard InChI is InChI=1S/C4H6NOS/c1-4(6)2-5-3-7/h2H2,1H3,(H,5,7). The van der Waals surface area contributed by atoms with E-state index in [0.717, 1.165) is 0 Å². The van der Waals surface area contributed by atoms with Crippen LogP contribution >= 0.6 is 12.2 Å². The molecule has 3 heteroatoms. The van der Waals surface area contributed by atoms with Gasteiger partial charge < -0.3 is 5.32 Å². The summed E-state index contributed by atoms with van der Waals surface area (Å²) >= 11 is 4.26. The number of thiocarbonyl (C=S) groups is 1. The van der Waals surface area contributed by atoms with Gasteiger partial charge in [0.15, 0.2) is 0 Å². The molecule has 0 aliphatic carbocycles. The van der Waals surface area contributed by atoms with Crippen LogP contribution in [0.25, 0.3) is 0 Å². The number of hydrogen-bond acceptors (Lipinski definition) is 2. The largest absolute Gasteiger partial charge is 0.367 e. The summed E-state index contributed by atoms with van der Waals surface area (Å²) in [4.78, 5) is 10.1. The highest BCUT2D eigenvalue weighted by molar-refractivity contribution is 7.78. The van der Waals surface area contributed by atoms with Crippen molar-refractivity contribution in [2.24, 2.45) is 0 Å². The molecule has 1 N–H and O–H groups in total. The molecule has 0 bridgehead atoms. The van der Waals surface area contributed by atoms with E-state index in [4.69, 9.17) is 0 Å². The third-order valence-electron chi connectivity index (χ3n) is 0.410. The van der Waals surface area contributed by atoms with Crippen LogP contribution in [0.2, 0.25) is 0 Å². The van der Waals surface area contributed by atoms with Gasteiger partial charge in [0, 0.05) is 0 Å². The summed E-state index contributed by atoms with van der Waals surface area (Å²) in [7, 11) is 0. The van der Waals surface area contributed by atoms with E-state index >= 15 is 0 Å². The Kier molecular flexibility index (Phi) is 3.50. The molecule has 0 fully saturated rings. The molecule has 0 heterocycles. The van der Waals surface area contributed by atoms with Gasteiger partial charge in [0.2, 0.25) is 0 Å². The summed E-state index contributed by atoms with van der Waals surface area (Å²) in [5, 5.41) is 2.46. The number of hydrogen-bond donors (Lipinski definition) is 1. The molecule has 0 aliphatic heterocycles. The summed E-state index contributed by atoms with van der Waals surface area (Å²) in [6.07, 6.45) is 0. The van der Waals surface area contributed by atoms with Gasteiger partial charge in [0.1, 0.15) is 11.3 Å². The topological polar surface area (TPSA) is 29.1 Å². The van der Waals surface area contributed by atoms with Crippen molar-refractivity contribution < 1.29 is 4.79 Å².